The van der Waals surface area contributed by atoms with Gasteiger partial charge in [0.1, 0.15) is 0 Å². The van der Waals surface area contributed by atoms with Crippen LogP contribution in [0.1, 0.15) is 66.2 Å². The first-order valence-corrected chi connectivity index (χ1v) is 6.90. The number of rotatable bonds is 9. The fourth-order valence-corrected chi connectivity index (χ4v) is 0.871. The molecule has 0 saturated heterocycles. The van der Waals surface area contributed by atoms with Crippen LogP contribution in [0.5, 0.6) is 0 Å². The zero-order valence-corrected chi connectivity index (χ0v) is 12.1. The molecule has 0 N–H and O–H groups in total. The van der Waals surface area contributed by atoms with Crippen LogP contribution < -0.4 is 0 Å². The molecule has 0 unspecified atom stereocenters. The summed E-state index contributed by atoms with van der Waals surface area (Å²) in [6.07, 6.45) is 6.81. The van der Waals surface area contributed by atoms with E-state index in [4.69, 9.17) is 9.47 Å². The molecule has 0 amide bonds. The molecule has 0 rings (SSSR count). The van der Waals surface area contributed by atoms with E-state index in [1.807, 2.05) is 0 Å². The summed E-state index contributed by atoms with van der Waals surface area (Å²) in [5.41, 5.74) is 0. The highest BCUT2D eigenvalue weighted by Gasteiger charge is 1.93. The van der Waals surface area contributed by atoms with E-state index < -0.39 is 0 Å². The Balaban J connectivity index is 0. The number of carbonyl (C=O) groups excluding carboxylic acids is 1. The number of esters is 1. The van der Waals surface area contributed by atoms with E-state index in [1.54, 1.807) is 0 Å². The van der Waals surface area contributed by atoms with Gasteiger partial charge in [-0.15, -0.1) is 0 Å². The molecular formula is C14H30O3. The van der Waals surface area contributed by atoms with Crippen molar-refractivity contribution >= 4 is 5.97 Å². The van der Waals surface area contributed by atoms with Crippen LogP contribution in [0.3, 0.4) is 0 Å². The summed E-state index contributed by atoms with van der Waals surface area (Å²) in [4.78, 5) is 10.4. The second-order valence-electron chi connectivity index (χ2n) is 4.01. The van der Waals surface area contributed by atoms with Crippen molar-refractivity contribution in [2.75, 3.05) is 19.8 Å². The molecule has 0 radical (unpaired) electrons. The Hall–Kier alpha value is -0.570. The van der Waals surface area contributed by atoms with Crippen LogP contribution in [0.4, 0.5) is 0 Å². The number of hydrogen-bond donors (Lipinski definition) is 0. The van der Waals surface area contributed by atoms with Crippen molar-refractivity contribution in [3.63, 3.8) is 0 Å². The Morgan fingerprint density at radius 3 is 1.82 bits per heavy atom. The fourth-order valence-electron chi connectivity index (χ4n) is 0.871. The quantitative estimate of drug-likeness (QED) is 0.456. The van der Waals surface area contributed by atoms with Gasteiger partial charge in [-0.05, 0) is 19.3 Å². The van der Waals surface area contributed by atoms with Crippen molar-refractivity contribution < 1.29 is 14.3 Å². The number of unbranched alkanes of at least 4 members (excludes halogenated alkanes) is 3. The predicted molar refractivity (Wildman–Crippen MR) is 72.2 cm³/mol. The summed E-state index contributed by atoms with van der Waals surface area (Å²) >= 11 is 0. The average molecular weight is 246 g/mol. The van der Waals surface area contributed by atoms with Crippen LogP contribution in [0.2, 0.25) is 0 Å². The maximum atomic E-state index is 10.4. The van der Waals surface area contributed by atoms with Gasteiger partial charge in [0.2, 0.25) is 0 Å². The van der Waals surface area contributed by atoms with Gasteiger partial charge < -0.3 is 9.47 Å². The lowest BCUT2D eigenvalue weighted by atomic mass is 10.3. The Kier molecular flexibility index (Phi) is 19.7. The maximum Gasteiger partial charge on any atom is 0.302 e. The molecule has 104 valence electrons. The highest BCUT2D eigenvalue weighted by Crippen LogP contribution is 1.94. The summed E-state index contributed by atoms with van der Waals surface area (Å²) in [7, 11) is 0. The Labute approximate surface area is 107 Å². The van der Waals surface area contributed by atoms with E-state index in [-0.39, 0.29) is 5.97 Å². The zero-order valence-electron chi connectivity index (χ0n) is 12.1. The van der Waals surface area contributed by atoms with Crippen LogP contribution >= 0.6 is 0 Å². The van der Waals surface area contributed by atoms with Gasteiger partial charge in [-0.1, -0.05) is 40.0 Å². The largest absolute Gasteiger partial charge is 0.466 e. The molecule has 3 heteroatoms. The van der Waals surface area contributed by atoms with Crippen molar-refractivity contribution in [3.8, 4) is 0 Å². The maximum absolute atomic E-state index is 10.4. The summed E-state index contributed by atoms with van der Waals surface area (Å²) in [6, 6.07) is 0. The summed E-state index contributed by atoms with van der Waals surface area (Å²) in [6.45, 7) is 10.1. The molecule has 0 bridgehead atoms. The summed E-state index contributed by atoms with van der Waals surface area (Å²) < 4.78 is 10.1. The lowest BCUT2D eigenvalue weighted by Crippen LogP contribution is -2.02. The highest BCUT2D eigenvalue weighted by atomic mass is 16.5. The topological polar surface area (TPSA) is 35.5 Å². The molecule has 0 heterocycles. The van der Waals surface area contributed by atoms with Gasteiger partial charge in [0.15, 0.2) is 0 Å². The van der Waals surface area contributed by atoms with Crippen molar-refractivity contribution in [2.24, 2.45) is 0 Å². The smallest absolute Gasteiger partial charge is 0.302 e. The molecule has 0 spiro atoms. The lowest BCUT2D eigenvalue weighted by molar-refractivity contribution is -0.141. The predicted octanol–water partition coefficient (Wildman–Crippen LogP) is 3.95. The monoisotopic (exact) mass is 246 g/mol. The third-order valence-corrected chi connectivity index (χ3v) is 2.13. The molecule has 0 aliphatic heterocycles. The van der Waals surface area contributed by atoms with Crippen LogP contribution in [0.15, 0.2) is 0 Å². The van der Waals surface area contributed by atoms with E-state index in [9.17, 15) is 4.79 Å². The molecule has 0 fully saturated rings. The van der Waals surface area contributed by atoms with Crippen molar-refractivity contribution in [2.45, 2.75) is 66.2 Å². The second kappa shape index (κ2) is 17.8. The molecule has 0 aromatic heterocycles. The SMILES string of the molecule is CCCC.CCCCOCCCCOC(C)=O. The van der Waals surface area contributed by atoms with E-state index in [1.165, 1.54) is 26.2 Å². The van der Waals surface area contributed by atoms with Crippen LogP contribution in [-0.2, 0) is 14.3 Å². The van der Waals surface area contributed by atoms with Gasteiger partial charge in [0.25, 0.3) is 0 Å². The number of ether oxygens (including phenoxy) is 2. The molecule has 0 aliphatic carbocycles. The summed E-state index contributed by atoms with van der Waals surface area (Å²) in [5.74, 6) is -0.202. The highest BCUT2D eigenvalue weighted by molar-refractivity contribution is 5.65. The summed E-state index contributed by atoms with van der Waals surface area (Å²) in [5, 5.41) is 0. The minimum atomic E-state index is -0.202. The van der Waals surface area contributed by atoms with E-state index in [0.717, 1.165) is 32.5 Å². The average Bonchev–Trinajstić information content (AvgIpc) is 2.32. The minimum absolute atomic E-state index is 0.202. The molecule has 0 saturated carbocycles. The lowest BCUT2D eigenvalue weighted by Gasteiger charge is -2.03. The number of carbonyl (C=O) groups is 1. The zero-order chi connectivity index (χ0) is 13.4. The molecular weight excluding hydrogens is 216 g/mol. The normalized spacial score (nSPS) is 9.41. The van der Waals surface area contributed by atoms with Crippen molar-refractivity contribution in [3.05, 3.63) is 0 Å². The molecule has 0 aliphatic rings. The van der Waals surface area contributed by atoms with Crippen LogP contribution in [0.25, 0.3) is 0 Å². The molecule has 0 aromatic carbocycles. The molecule has 17 heavy (non-hydrogen) atoms. The number of hydrogen-bond acceptors (Lipinski definition) is 3. The van der Waals surface area contributed by atoms with Crippen LogP contribution in [-0.4, -0.2) is 25.8 Å². The van der Waals surface area contributed by atoms with Crippen LogP contribution in [0, 0.1) is 0 Å². The Morgan fingerprint density at radius 1 is 0.824 bits per heavy atom. The van der Waals surface area contributed by atoms with Crippen molar-refractivity contribution in [1.82, 2.24) is 0 Å². The van der Waals surface area contributed by atoms with E-state index in [2.05, 4.69) is 20.8 Å². The molecule has 3 nitrogen and oxygen atoms in total. The van der Waals surface area contributed by atoms with E-state index >= 15 is 0 Å². The van der Waals surface area contributed by atoms with Crippen molar-refractivity contribution in [1.29, 1.82) is 0 Å². The molecule has 0 atom stereocenters. The second-order valence-corrected chi connectivity index (χ2v) is 4.01. The first-order valence-electron chi connectivity index (χ1n) is 6.90. The third kappa shape index (κ3) is 25.6. The van der Waals surface area contributed by atoms with Gasteiger partial charge in [-0.3, -0.25) is 4.79 Å². The van der Waals surface area contributed by atoms with Gasteiger partial charge in [-0.25, -0.2) is 0 Å². The Bertz CT molecular complexity index is 144. The van der Waals surface area contributed by atoms with E-state index in [0.29, 0.717) is 6.61 Å². The molecule has 0 aromatic rings. The van der Waals surface area contributed by atoms with Gasteiger partial charge in [0.05, 0.1) is 6.61 Å². The first kappa shape index (κ1) is 18.8. The van der Waals surface area contributed by atoms with Gasteiger partial charge in [0, 0.05) is 20.1 Å². The van der Waals surface area contributed by atoms with Gasteiger partial charge in [-0.2, -0.15) is 0 Å². The first-order chi connectivity index (χ1) is 8.18. The fraction of sp³-hybridized carbons (Fsp3) is 0.929. The third-order valence-electron chi connectivity index (χ3n) is 2.13. The minimum Gasteiger partial charge on any atom is -0.466 e. The Morgan fingerprint density at radius 2 is 1.35 bits per heavy atom. The van der Waals surface area contributed by atoms with Gasteiger partial charge >= 0.3 is 5.97 Å². The standard InChI is InChI=1S/C10H20O3.C4H10/c1-3-4-7-12-8-5-6-9-13-10(2)11;1-3-4-2/h3-9H2,1-2H3;3-4H2,1-2H3.